The lowest BCUT2D eigenvalue weighted by Gasteiger charge is -2.72. The van der Waals surface area contributed by atoms with E-state index in [1.807, 2.05) is 31.2 Å². The van der Waals surface area contributed by atoms with E-state index in [2.05, 4.69) is 40.5 Å². The van der Waals surface area contributed by atoms with Gasteiger partial charge in [0.2, 0.25) is 0 Å². The summed E-state index contributed by atoms with van der Waals surface area (Å²) >= 11 is 0. The predicted octanol–water partition coefficient (Wildman–Crippen LogP) is 9.61. The normalized spacial score (nSPS) is 27.4. The molecule has 4 saturated carbocycles. The standard InChI is InChI=1S/C49H61N5O7S/c1-46(2)15-13-36(41(26-46)49-30-47(3,31-49)32-49)28-52-19-21-53(22-20-52)37-8-10-40(44(24-37)61-38-23-35-14-18-50-45(35)51-27-38)43(55)29-62(59,60)39-9-7-34(42(25-39)54(57)58)6-5-33-11-16-48(4,56)17-12-33/h7-10,14,18,23-25,27,33,56H,5-6,11-13,15-17,19-22,26,28-32H2,1-4H3,(H,50,51). The number of fused-ring (bicyclic) bond motifs is 1. The quantitative estimate of drug-likeness (QED) is 0.0541. The van der Waals surface area contributed by atoms with Crippen LogP contribution < -0.4 is 9.64 Å². The molecule has 12 nitrogen and oxygen atoms in total. The number of nitrogens with one attached hydrogen (secondary N) is 1. The first-order valence-corrected chi connectivity index (χ1v) is 24.2. The van der Waals surface area contributed by atoms with Crippen LogP contribution in [0.3, 0.4) is 0 Å². The Kier molecular flexibility index (Phi) is 10.9. The molecule has 0 amide bonds. The molecular formula is C49H61N5O7S. The maximum Gasteiger partial charge on any atom is 0.273 e. The number of nitro groups is 1. The van der Waals surface area contributed by atoms with Crippen LogP contribution in [-0.2, 0) is 16.3 Å². The van der Waals surface area contributed by atoms with Gasteiger partial charge in [-0.25, -0.2) is 13.4 Å². The largest absolute Gasteiger partial charge is 0.455 e. The van der Waals surface area contributed by atoms with Gasteiger partial charge in [0.1, 0.15) is 22.9 Å². The minimum atomic E-state index is -4.28. The number of carbonyl (C=O) groups excluding carboxylic acids is 1. The maximum absolute atomic E-state index is 14.1. The Morgan fingerprint density at radius 2 is 1.73 bits per heavy atom. The number of rotatable bonds is 14. The summed E-state index contributed by atoms with van der Waals surface area (Å²) in [5.41, 5.74) is 6.03. The number of hydrogen-bond donors (Lipinski definition) is 2. The van der Waals surface area contributed by atoms with Crippen molar-refractivity contribution < 1.29 is 28.0 Å². The van der Waals surface area contributed by atoms with Crippen molar-refractivity contribution in [2.24, 2.45) is 22.2 Å². The van der Waals surface area contributed by atoms with E-state index in [0.29, 0.717) is 64.8 Å². The zero-order valence-electron chi connectivity index (χ0n) is 36.7. The first-order valence-electron chi connectivity index (χ1n) is 22.6. The van der Waals surface area contributed by atoms with Gasteiger partial charge in [-0.3, -0.25) is 19.8 Å². The van der Waals surface area contributed by atoms with Gasteiger partial charge < -0.3 is 19.7 Å². The zero-order valence-corrected chi connectivity index (χ0v) is 37.5. The third-order valence-corrected chi connectivity index (χ3v) is 16.7. The number of piperazine rings is 1. The number of aliphatic hydroxyl groups is 1. The van der Waals surface area contributed by atoms with Crippen molar-refractivity contribution in [1.29, 1.82) is 0 Å². The number of sulfone groups is 1. The summed E-state index contributed by atoms with van der Waals surface area (Å²) in [5.74, 6) is -0.605. The summed E-state index contributed by atoms with van der Waals surface area (Å²) in [6.45, 7) is 13.6. The topological polar surface area (TPSA) is 159 Å². The number of ether oxygens (including phenoxy) is 1. The number of benzene rings is 2. The number of nitro benzene ring substituents is 1. The monoisotopic (exact) mass is 863 g/mol. The number of pyridine rings is 1. The fourth-order valence-electron chi connectivity index (χ4n) is 11.6. The number of aromatic nitrogens is 2. The van der Waals surface area contributed by atoms with Gasteiger partial charge in [0, 0.05) is 67.7 Å². The lowest BCUT2D eigenvalue weighted by atomic mass is 9.33. The number of aromatic amines is 1. The molecule has 0 atom stereocenters. The van der Waals surface area contributed by atoms with Crippen molar-refractivity contribution in [2.75, 3.05) is 43.4 Å². The third kappa shape index (κ3) is 8.69. The SMILES string of the molecule is CC1(C)CCC(CN2CCN(c3ccc(C(=O)CS(=O)(=O)c4ccc(CCC5CCC(C)(O)CC5)c([N+](=O)[O-])c4)c(Oc4cnc5[nH]ccc5c4)c3)CC2)=C(C23CC(C)(C2)C3)C1. The molecule has 1 aliphatic heterocycles. The second-order valence-corrected chi connectivity index (χ2v) is 22.9. The molecule has 2 bridgehead atoms. The average molecular weight is 864 g/mol. The van der Waals surface area contributed by atoms with Gasteiger partial charge in [-0.2, -0.15) is 0 Å². The molecular weight excluding hydrogens is 803 g/mol. The number of carbonyl (C=O) groups is 1. The minimum absolute atomic E-state index is 0.102. The van der Waals surface area contributed by atoms with Gasteiger partial charge in [0.25, 0.3) is 5.69 Å². The van der Waals surface area contributed by atoms with Gasteiger partial charge in [-0.1, -0.05) is 38.0 Å². The Bertz CT molecular complexity index is 2520. The maximum atomic E-state index is 14.1. The van der Waals surface area contributed by atoms with Crippen molar-refractivity contribution >= 4 is 38.0 Å². The summed E-state index contributed by atoms with van der Waals surface area (Å²) in [7, 11) is -4.28. The molecule has 5 aliphatic carbocycles. The van der Waals surface area contributed by atoms with Crippen LogP contribution in [0.1, 0.15) is 114 Å². The molecule has 13 heteroatoms. The number of allylic oxidation sites excluding steroid dienone is 1. The Morgan fingerprint density at radius 3 is 2.44 bits per heavy atom. The van der Waals surface area contributed by atoms with Crippen LogP contribution in [-0.4, -0.2) is 83.2 Å². The van der Waals surface area contributed by atoms with Crippen LogP contribution >= 0.6 is 0 Å². The first-order chi connectivity index (χ1) is 29.4. The molecule has 62 heavy (non-hydrogen) atoms. The summed E-state index contributed by atoms with van der Waals surface area (Å²) in [6, 6.07) is 13.0. The highest BCUT2D eigenvalue weighted by atomic mass is 32.2. The third-order valence-electron chi connectivity index (χ3n) is 15.1. The average Bonchev–Trinajstić information content (AvgIpc) is 3.68. The van der Waals surface area contributed by atoms with E-state index in [-0.39, 0.29) is 21.9 Å². The van der Waals surface area contributed by atoms with Crippen LogP contribution in [0, 0.1) is 32.3 Å². The van der Waals surface area contributed by atoms with Gasteiger partial charge in [-0.05, 0) is 136 Å². The summed E-state index contributed by atoms with van der Waals surface area (Å²) in [5, 5.41) is 23.4. The zero-order chi connectivity index (χ0) is 43.7. The Hall–Kier alpha value is -4.59. The van der Waals surface area contributed by atoms with E-state index in [1.54, 1.807) is 29.6 Å². The fourth-order valence-corrected chi connectivity index (χ4v) is 12.9. The molecule has 2 N–H and O–H groups in total. The van der Waals surface area contributed by atoms with E-state index < -0.39 is 31.9 Å². The van der Waals surface area contributed by atoms with E-state index in [9.17, 15) is 28.4 Å². The second-order valence-electron chi connectivity index (χ2n) is 20.9. The van der Waals surface area contributed by atoms with Crippen LogP contribution in [0.25, 0.3) is 11.0 Å². The predicted molar refractivity (Wildman–Crippen MR) is 241 cm³/mol. The van der Waals surface area contributed by atoms with E-state index >= 15 is 0 Å². The van der Waals surface area contributed by atoms with E-state index in [4.69, 9.17) is 4.74 Å². The van der Waals surface area contributed by atoms with Gasteiger partial charge in [0.05, 0.1) is 27.2 Å². The lowest BCUT2D eigenvalue weighted by molar-refractivity contribution is -0.385. The molecule has 0 unspecified atom stereocenters. The lowest BCUT2D eigenvalue weighted by Crippen LogP contribution is -2.61. The van der Waals surface area contributed by atoms with E-state index in [0.717, 1.165) is 62.7 Å². The number of nitrogens with zero attached hydrogens (tertiary/aromatic N) is 4. The highest BCUT2D eigenvalue weighted by molar-refractivity contribution is 7.92. The molecule has 0 spiro atoms. The van der Waals surface area contributed by atoms with Crippen LogP contribution in [0.15, 0.2) is 77.0 Å². The Labute approximate surface area is 365 Å². The van der Waals surface area contributed by atoms with Gasteiger partial charge >= 0.3 is 0 Å². The van der Waals surface area contributed by atoms with Crippen molar-refractivity contribution in [3.8, 4) is 11.5 Å². The second kappa shape index (κ2) is 15.9. The van der Waals surface area contributed by atoms with Crippen LogP contribution in [0.2, 0.25) is 0 Å². The molecule has 10 rings (SSSR count). The van der Waals surface area contributed by atoms with Crippen molar-refractivity contribution in [3.05, 3.63) is 93.3 Å². The molecule has 4 aromatic rings. The van der Waals surface area contributed by atoms with Crippen molar-refractivity contribution in [2.45, 2.75) is 115 Å². The number of hydrogen-bond acceptors (Lipinski definition) is 10. The van der Waals surface area contributed by atoms with Crippen LogP contribution in [0.4, 0.5) is 11.4 Å². The molecule has 3 heterocycles. The molecule has 6 aliphatic rings. The summed E-state index contributed by atoms with van der Waals surface area (Å²) in [6.07, 6.45) is 15.3. The molecule has 330 valence electrons. The number of aryl methyl sites for hydroxylation is 1. The fraction of sp³-hybridized carbons (Fsp3) is 0.551. The molecule has 2 aromatic carbocycles. The minimum Gasteiger partial charge on any atom is -0.455 e. The van der Waals surface area contributed by atoms with Crippen molar-refractivity contribution in [3.63, 3.8) is 0 Å². The summed E-state index contributed by atoms with van der Waals surface area (Å²) < 4.78 is 34.1. The highest BCUT2D eigenvalue weighted by Gasteiger charge is 2.66. The molecule has 0 radical (unpaired) electrons. The number of ketones is 1. The molecule has 2 aromatic heterocycles. The Balaban J connectivity index is 0.913. The highest BCUT2D eigenvalue weighted by Crippen LogP contribution is 2.77. The van der Waals surface area contributed by atoms with Gasteiger partial charge in [0.15, 0.2) is 15.6 Å². The molecule has 5 fully saturated rings. The van der Waals surface area contributed by atoms with Crippen LogP contribution in [0.5, 0.6) is 11.5 Å². The molecule has 1 saturated heterocycles. The van der Waals surface area contributed by atoms with Gasteiger partial charge in [-0.15, -0.1) is 0 Å². The van der Waals surface area contributed by atoms with Crippen molar-refractivity contribution in [1.82, 2.24) is 14.9 Å². The first kappa shape index (κ1) is 42.7. The number of H-pyrrole nitrogens is 1. The smallest absolute Gasteiger partial charge is 0.273 e. The summed E-state index contributed by atoms with van der Waals surface area (Å²) in [4.78, 5) is 37.9. The van der Waals surface area contributed by atoms with E-state index in [1.165, 1.54) is 50.7 Å². The number of Topliss-reactive ketones (excluding diaryl/α,β-unsaturated/α-hetero) is 1. The Morgan fingerprint density at radius 1 is 0.984 bits per heavy atom. The number of anilines is 1.